The molecule has 2 aromatic rings. The molecule has 1 heterocycles. The van der Waals surface area contributed by atoms with Crippen molar-refractivity contribution in [1.29, 1.82) is 0 Å². The number of hydrogen-bond acceptors (Lipinski definition) is 3. The number of carboxylic acids is 1. The first-order chi connectivity index (χ1) is 9.88. The van der Waals surface area contributed by atoms with Crippen LogP contribution in [0, 0.1) is 0 Å². The Kier molecular flexibility index (Phi) is 4.47. The van der Waals surface area contributed by atoms with E-state index in [1.54, 1.807) is 17.8 Å². The number of carboxylic acid groups (broad SMARTS) is 1. The molecule has 5 nitrogen and oxygen atoms in total. The van der Waals surface area contributed by atoms with Crippen molar-refractivity contribution < 1.29 is 14.6 Å². The van der Waals surface area contributed by atoms with Gasteiger partial charge in [-0.25, -0.2) is 4.79 Å². The average molecular weight is 351 g/mol. The third-order valence-electron chi connectivity index (χ3n) is 2.80. The number of ether oxygens (including phenoxy) is 1. The largest absolute Gasteiger partial charge is 0.488 e. The fraction of sp³-hybridized carbons (Fsp3) is 0.200. The van der Waals surface area contributed by atoms with Crippen molar-refractivity contribution >= 4 is 21.9 Å². The van der Waals surface area contributed by atoms with E-state index in [-0.39, 0.29) is 5.69 Å². The minimum absolute atomic E-state index is 0.0197. The molecule has 0 spiro atoms. The van der Waals surface area contributed by atoms with Gasteiger partial charge in [0, 0.05) is 12.6 Å². The molecule has 0 fully saturated rings. The van der Waals surface area contributed by atoms with E-state index >= 15 is 0 Å². The van der Waals surface area contributed by atoms with Crippen LogP contribution in [0.2, 0.25) is 0 Å². The summed E-state index contributed by atoms with van der Waals surface area (Å²) in [5.74, 6) is -0.334. The molecule has 0 aliphatic heterocycles. The van der Waals surface area contributed by atoms with Crippen LogP contribution < -0.4 is 4.74 Å². The van der Waals surface area contributed by atoms with Gasteiger partial charge in [0.2, 0.25) is 0 Å². The number of benzene rings is 1. The molecular weight excluding hydrogens is 336 g/mol. The molecular formula is C15H15BrN2O3. The topological polar surface area (TPSA) is 64.3 Å². The molecule has 0 atom stereocenters. The Morgan fingerprint density at radius 3 is 2.71 bits per heavy atom. The SMILES string of the molecule is C=C(C)COc1ccc(-c2cc(C(=O)O)nn2C)cc1Br. The molecule has 110 valence electrons. The highest BCUT2D eigenvalue weighted by molar-refractivity contribution is 9.10. The molecule has 0 aliphatic carbocycles. The molecule has 0 unspecified atom stereocenters. The quantitative estimate of drug-likeness (QED) is 0.838. The summed E-state index contributed by atoms with van der Waals surface area (Å²) >= 11 is 3.45. The van der Waals surface area contributed by atoms with Crippen LogP contribution in [0.5, 0.6) is 5.75 Å². The van der Waals surface area contributed by atoms with Crippen molar-refractivity contribution in [3.8, 4) is 17.0 Å². The Balaban J connectivity index is 2.31. The third kappa shape index (κ3) is 3.52. The standard InChI is InChI=1S/C15H15BrN2O3/c1-9(2)8-21-14-5-4-10(6-11(14)16)13-7-12(15(19)20)17-18(13)3/h4-7H,1,8H2,2-3H3,(H,19,20). The van der Waals surface area contributed by atoms with Crippen molar-refractivity contribution in [3.63, 3.8) is 0 Å². The molecule has 0 radical (unpaired) electrons. The summed E-state index contributed by atoms with van der Waals surface area (Å²) in [5, 5.41) is 12.9. The smallest absolute Gasteiger partial charge is 0.356 e. The average Bonchev–Trinajstić information content (AvgIpc) is 2.79. The Labute approximate surface area is 131 Å². The van der Waals surface area contributed by atoms with Gasteiger partial charge >= 0.3 is 5.97 Å². The molecule has 0 amide bonds. The first-order valence-electron chi connectivity index (χ1n) is 6.23. The van der Waals surface area contributed by atoms with E-state index in [9.17, 15) is 4.79 Å². The molecule has 0 bridgehead atoms. The monoisotopic (exact) mass is 350 g/mol. The maximum Gasteiger partial charge on any atom is 0.356 e. The van der Waals surface area contributed by atoms with Crippen LogP contribution in [0.3, 0.4) is 0 Å². The molecule has 1 N–H and O–H groups in total. The fourth-order valence-electron chi connectivity index (χ4n) is 1.82. The van der Waals surface area contributed by atoms with Crippen molar-refractivity contribution in [2.24, 2.45) is 7.05 Å². The van der Waals surface area contributed by atoms with Crippen LogP contribution in [0.15, 0.2) is 40.9 Å². The second kappa shape index (κ2) is 6.13. The van der Waals surface area contributed by atoms with Gasteiger partial charge in [-0.1, -0.05) is 6.58 Å². The zero-order chi connectivity index (χ0) is 15.6. The summed E-state index contributed by atoms with van der Waals surface area (Å²) in [7, 11) is 1.71. The maximum atomic E-state index is 11.0. The lowest BCUT2D eigenvalue weighted by Gasteiger charge is -2.09. The summed E-state index contributed by atoms with van der Waals surface area (Å²) in [6, 6.07) is 7.10. The molecule has 2 rings (SSSR count). The Morgan fingerprint density at radius 1 is 1.48 bits per heavy atom. The fourth-order valence-corrected chi connectivity index (χ4v) is 2.31. The second-order valence-electron chi connectivity index (χ2n) is 4.73. The number of aromatic nitrogens is 2. The van der Waals surface area contributed by atoms with Crippen molar-refractivity contribution in [2.75, 3.05) is 6.61 Å². The predicted octanol–water partition coefficient (Wildman–Crippen LogP) is 3.50. The van der Waals surface area contributed by atoms with Gasteiger partial charge in [-0.05, 0) is 52.7 Å². The Morgan fingerprint density at radius 2 is 2.19 bits per heavy atom. The number of hydrogen-bond donors (Lipinski definition) is 1. The van der Waals surface area contributed by atoms with Gasteiger partial charge in [0.25, 0.3) is 0 Å². The van der Waals surface area contributed by atoms with Crippen LogP contribution in [0.25, 0.3) is 11.3 Å². The molecule has 0 aliphatic rings. The van der Waals surface area contributed by atoms with E-state index in [1.807, 2.05) is 25.1 Å². The molecule has 1 aromatic carbocycles. The highest BCUT2D eigenvalue weighted by Crippen LogP contribution is 2.31. The summed E-state index contributed by atoms with van der Waals surface area (Å²) in [4.78, 5) is 11.0. The number of aryl methyl sites for hydroxylation is 1. The maximum absolute atomic E-state index is 11.0. The molecule has 21 heavy (non-hydrogen) atoms. The first kappa shape index (κ1) is 15.3. The normalized spacial score (nSPS) is 10.4. The Bertz CT molecular complexity index is 707. The van der Waals surface area contributed by atoms with E-state index in [1.165, 1.54) is 0 Å². The van der Waals surface area contributed by atoms with Crippen molar-refractivity contribution in [1.82, 2.24) is 9.78 Å². The van der Waals surface area contributed by atoms with Crippen molar-refractivity contribution in [2.45, 2.75) is 6.92 Å². The highest BCUT2D eigenvalue weighted by atomic mass is 79.9. The number of aromatic carboxylic acids is 1. The number of nitrogens with zero attached hydrogens (tertiary/aromatic N) is 2. The van der Waals surface area contributed by atoms with Crippen LogP contribution in [0.4, 0.5) is 0 Å². The molecule has 0 saturated heterocycles. The van der Waals surface area contributed by atoms with E-state index in [4.69, 9.17) is 9.84 Å². The molecule has 0 saturated carbocycles. The predicted molar refractivity (Wildman–Crippen MR) is 83.6 cm³/mol. The van der Waals surface area contributed by atoms with Gasteiger partial charge in [0.05, 0.1) is 10.2 Å². The number of rotatable bonds is 5. The highest BCUT2D eigenvalue weighted by Gasteiger charge is 2.13. The third-order valence-corrected chi connectivity index (χ3v) is 3.42. The van der Waals surface area contributed by atoms with Crippen molar-refractivity contribution in [3.05, 3.63) is 46.6 Å². The van der Waals surface area contributed by atoms with Gasteiger partial charge < -0.3 is 9.84 Å². The first-order valence-corrected chi connectivity index (χ1v) is 7.02. The zero-order valence-electron chi connectivity index (χ0n) is 11.8. The lowest BCUT2D eigenvalue weighted by molar-refractivity contribution is 0.0689. The molecule has 6 heteroatoms. The lowest BCUT2D eigenvalue weighted by atomic mass is 10.1. The minimum Gasteiger partial charge on any atom is -0.488 e. The Hall–Kier alpha value is -2.08. The summed E-state index contributed by atoms with van der Waals surface area (Å²) < 4.78 is 7.93. The van der Waals surface area contributed by atoms with E-state index in [0.717, 1.165) is 21.3 Å². The number of carbonyl (C=O) groups is 1. The van der Waals surface area contributed by atoms with Crippen LogP contribution in [0.1, 0.15) is 17.4 Å². The van der Waals surface area contributed by atoms with E-state index in [2.05, 4.69) is 27.6 Å². The van der Waals surface area contributed by atoms with E-state index < -0.39 is 5.97 Å². The van der Waals surface area contributed by atoms with E-state index in [0.29, 0.717) is 12.4 Å². The summed E-state index contributed by atoms with van der Waals surface area (Å²) in [6.07, 6.45) is 0. The van der Waals surface area contributed by atoms with Gasteiger partial charge in [0.1, 0.15) is 12.4 Å². The van der Waals surface area contributed by atoms with Crippen LogP contribution in [-0.2, 0) is 7.05 Å². The van der Waals surface area contributed by atoms with Crippen LogP contribution in [-0.4, -0.2) is 27.5 Å². The van der Waals surface area contributed by atoms with Crippen LogP contribution >= 0.6 is 15.9 Å². The van der Waals surface area contributed by atoms with Gasteiger partial charge in [0.15, 0.2) is 5.69 Å². The second-order valence-corrected chi connectivity index (χ2v) is 5.59. The van der Waals surface area contributed by atoms with Gasteiger partial charge in [-0.3, -0.25) is 4.68 Å². The zero-order valence-corrected chi connectivity index (χ0v) is 13.3. The summed E-state index contributed by atoms with van der Waals surface area (Å²) in [6.45, 7) is 6.13. The molecule has 1 aromatic heterocycles. The van der Waals surface area contributed by atoms with Gasteiger partial charge in [-0.2, -0.15) is 5.10 Å². The number of halogens is 1. The van der Waals surface area contributed by atoms with Gasteiger partial charge in [-0.15, -0.1) is 0 Å². The summed E-state index contributed by atoms with van der Waals surface area (Å²) in [5.41, 5.74) is 2.53. The minimum atomic E-state index is -1.04. The lowest BCUT2D eigenvalue weighted by Crippen LogP contribution is -2.00.